The van der Waals surface area contributed by atoms with Gasteiger partial charge in [0.2, 0.25) is 11.8 Å². The van der Waals surface area contributed by atoms with E-state index in [4.69, 9.17) is 4.42 Å². The summed E-state index contributed by atoms with van der Waals surface area (Å²) in [7, 11) is -0.901. The van der Waals surface area contributed by atoms with Crippen LogP contribution in [0.15, 0.2) is 4.42 Å². The van der Waals surface area contributed by atoms with E-state index in [-0.39, 0.29) is 5.41 Å². The molecule has 0 unspecified atom stereocenters. The Bertz CT molecular complexity index is 380. The van der Waals surface area contributed by atoms with E-state index in [1.807, 2.05) is 20.8 Å². The van der Waals surface area contributed by atoms with Gasteiger partial charge in [0.1, 0.15) is 5.75 Å². The van der Waals surface area contributed by atoms with Gasteiger partial charge in [-0.3, -0.25) is 4.21 Å². The quantitative estimate of drug-likeness (QED) is 0.814. The van der Waals surface area contributed by atoms with E-state index in [9.17, 15) is 4.21 Å². The van der Waals surface area contributed by atoms with Gasteiger partial charge in [-0.05, 0) is 12.3 Å². The van der Waals surface area contributed by atoms with Gasteiger partial charge in [-0.15, -0.1) is 10.2 Å². The Balaban J connectivity index is 2.52. The third-order valence-electron chi connectivity index (χ3n) is 2.32. The van der Waals surface area contributed by atoms with Crippen molar-refractivity contribution in [3.05, 3.63) is 11.8 Å². The fourth-order valence-electron chi connectivity index (χ4n) is 1.19. The molecular formula is C12H22N2O2S. The van der Waals surface area contributed by atoms with Crippen LogP contribution in [-0.4, -0.2) is 20.2 Å². The first-order chi connectivity index (χ1) is 7.79. The summed E-state index contributed by atoms with van der Waals surface area (Å²) in [5.41, 5.74) is -0.148. The van der Waals surface area contributed by atoms with E-state index < -0.39 is 10.8 Å². The molecule has 0 aliphatic rings. The Morgan fingerprint density at radius 3 is 2.41 bits per heavy atom. The molecule has 0 aromatic carbocycles. The van der Waals surface area contributed by atoms with Crippen LogP contribution in [0, 0.1) is 5.92 Å². The maximum absolute atomic E-state index is 11.8. The molecule has 1 heterocycles. The maximum Gasteiger partial charge on any atom is 0.229 e. The number of aromatic nitrogens is 2. The summed E-state index contributed by atoms with van der Waals surface area (Å²) in [6, 6.07) is 0. The molecule has 0 bridgehead atoms. The predicted octanol–water partition coefficient (Wildman–Crippen LogP) is 2.66. The van der Waals surface area contributed by atoms with Crippen molar-refractivity contribution < 1.29 is 8.63 Å². The molecule has 5 heteroatoms. The van der Waals surface area contributed by atoms with Gasteiger partial charge >= 0.3 is 0 Å². The van der Waals surface area contributed by atoms with Crippen molar-refractivity contribution in [2.24, 2.45) is 5.92 Å². The molecule has 98 valence electrons. The zero-order chi connectivity index (χ0) is 13.1. The Kier molecular flexibility index (Phi) is 4.86. The summed E-state index contributed by atoms with van der Waals surface area (Å²) in [4.78, 5) is 0. The van der Waals surface area contributed by atoms with Crippen LogP contribution in [0.3, 0.4) is 0 Å². The van der Waals surface area contributed by atoms with E-state index in [0.29, 0.717) is 29.2 Å². The molecule has 4 nitrogen and oxygen atoms in total. The number of rotatable bonds is 5. The van der Waals surface area contributed by atoms with Crippen LogP contribution in [0.25, 0.3) is 0 Å². The van der Waals surface area contributed by atoms with Crippen molar-refractivity contribution in [1.29, 1.82) is 0 Å². The van der Waals surface area contributed by atoms with Crippen molar-refractivity contribution in [3.63, 3.8) is 0 Å². The fourth-order valence-corrected chi connectivity index (χ4v) is 2.46. The second-order valence-electron chi connectivity index (χ2n) is 5.72. The van der Waals surface area contributed by atoms with Gasteiger partial charge in [0, 0.05) is 22.0 Å². The van der Waals surface area contributed by atoms with Crippen molar-refractivity contribution in [1.82, 2.24) is 10.2 Å². The van der Waals surface area contributed by atoms with Crippen molar-refractivity contribution in [2.75, 3.05) is 5.75 Å². The Hall–Kier alpha value is -0.710. The normalized spacial score (nSPS) is 14.2. The number of hydrogen-bond acceptors (Lipinski definition) is 4. The lowest BCUT2D eigenvalue weighted by Crippen LogP contribution is -2.11. The molecule has 0 saturated heterocycles. The summed E-state index contributed by atoms with van der Waals surface area (Å²) in [6.45, 7) is 10.3. The van der Waals surface area contributed by atoms with E-state index >= 15 is 0 Å². The lowest BCUT2D eigenvalue weighted by atomic mass is 9.97. The first-order valence-electron chi connectivity index (χ1n) is 5.97. The maximum atomic E-state index is 11.8. The zero-order valence-corrected chi connectivity index (χ0v) is 12.1. The summed E-state index contributed by atoms with van der Waals surface area (Å²) in [5, 5.41) is 7.92. The third-order valence-corrected chi connectivity index (χ3v) is 3.58. The van der Waals surface area contributed by atoms with Crippen LogP contribution in [0.5, 0.6) is 0 Å². The highest BCUT2D eigenvalue weighted by atomic mass is 32.2. The average molecular weight is 258 g/mol. The summed E-state index contributed by atoms with van der Waals surface area (Å²) < 4.78 is 17.3. The smallest absolute Gasteiger partial charge is 0.229 e. The molecule has 0 amide bonds. The first-order valence-corrected chi connectivity index (χ1v) is 7.45. The second-order valence-corrected chi connectivity index (χ2v) is 7.30. The second kappa shape index (κ2) is 5.76. The van der Waals surface area contributed by atoms with Gasteiger partial charge < -0.3 is 4.42 Å². The van der Waals surface area contributed by atoms with Gasteiger partial charge in [0.15, 0.2) is 0 Å². The van der Waals surface area contributed by atoms with Crippen molar-refractivity contribution in [3.8, 4) is 0 Å². The van der Waals surface area contributed by atoms with Gasteiger partial charge in [-0.1, -0.05) is 34.6 Å². The van der Waals surface area contributed by atoms with Gasteiger partial charge in [0.05, 0.1) is 0 Å². The molecular weight excluding hydrogens is 236 g/mol. The molecule has 0 aliphatic carbocycles. The average Bonchev–Trinajstić information content (AvgIpc) is 2.62. The highest BCUT2D eigenvalue weighted by Crippen LogP contribution is 2.20. The van der Waals surface area contributed by atoms with Gasteiger partial charge in [0.25, 0.3) is 0 Å². The summed E-state index contributed by atoms with van der Waals surface area (Å²) in [5.74, 6) is 2.73. The van der Waals surface area contributed by atoms with E-state index in [1.165, 1.54) is 0 Å². The highest BCUT2D eigenvalue weighted by Gasteiger charge is 2.21. The third kappa shape index (κ3) is 4.98. The fraction of sp³-hybridized carbons (Fsp3) is 0.833. The van der Waals surface area contributed by atoms with Crippen LogP contribution in [-0.2, 0) is 22.0 Å². The predicted molar refractivity (Wildman–Crippen MR) is 69.2 cm³/mol. The monoisotopic (exact) mass is 258 g/mol. The first kappa shape index (κ1) is 14.4. The Labute approximate surface area is 106 Å². The molecule has 0 radical (unpaired) electrons. The van der Waals surface area contributed by atoms with E-state index in [0.717, 1.165) is 6.42 Å². The largest absolute Gasteiger partial charge is 0.424 e. The standard InChI is InChI=1S/C12H22N2O2S/c1-9(2)6-7-17(15)8-10-13-14-11(16-10)12(3,4)5/h9H,6-8H2,1-5H3/t17-/m0/s1. The molecule has 0 fully saturated rings. The SMILES string of the molecule is CC(C)CC[S@](=O)Cc1nnc(C(C)(C)C)o1. The molecule has 1 atom stereocenters. The van der Waals surface area contributed by atoms with E-state index in [2.05, 4.69) is 24.0 Å². The minimum absolute atomic E-state index is 0.148. The summed E-state index contributed by atoms with van der Waals surface area (Å²) in [6.07, 6.45) is 0.965. The van der Waals surface area contributed by atoms with Crippen LogP contribution in [0.1, 0.15) is 52.8 Å². The lowest BCUT2D eigenvalue weighted by Gasteiger charge is -2.10. The Morgan fingerprint density at radius 2 is 1.94 bits per heavy atom. The number of hydrogen-bond donors (Lipinski definition) is 0. The molecule has 1 aromatic rings. The van der Waals surface area contributed by atoms with E-state index in [1.54, 1.807) is 0 Å². The van der Waals surface area contributed by atoms with Gasteiger partial charge in [-0.2, -0.15) is 0 Å². The number of nitrogens with zero attached hydrogens (tertiary/aromatic N) is 2. The lowest BCUT2D eigenvalue weighted by molar-refractivity contribution is 0.378. The topological polar surface area (TPSA) is 56.0 Å². The van der Waals surface area contributed by atoms with Crippen molar-refractivity contribution in [2.45, 2.75) is 52.2 Å². The van der Waals surface area contributed by atoms with Crippen LogP contribution in [0.4, 0.5) is 0 Å². The molecule has 0 N–H and O–H groups in total. The Morgan fingerprint density at radius 1 is 1.29 bits per heavy atom. The molecule has 17 heavy (non-hydrogen) atoms. The minimum atomic E-state index is -0.901. The van der Waals surface area contributed by atoms with Crippen LogP contribution in [0.2, 0.25) is 0 Å². The van der Waals surface area contributed by atoms with Crippen molar-refractivity contribution >= 4 is 10.8 Å². The minimum Gasteiger partial charge on any atom is -0.424 e. The highest BCUT2D eigenvalue weighted by molar-refractivity contribution is 7.84. The van der Waals surface area contributed by atoms with Crippen LogP contribution < -0.4 is 0 Å². The van der Waals surface area contributed by atoms with Crippen LogP contribution >= 0.6 is 0 Å². The molecule has 1 aromatic heterocycles. The molecule has 0 saturated carbocycles. The molecule has 1 rings (SSSR count). The van der Waals surface area contributed by atoms with Gasteiger partial charge in [-0.25, -0.2) is 0 Å². The zero-order valence-electron chi connectivity index (χ0n) is 11.3. The molecule has 0 spiro atoms. The molecule has 0 aliphatic heterocycles. The summed E-state index contributed by atoms with van der Waals surface area (Å²) >= 11 is 0.